The molecule has 0 saturated carbocycles. The van der Waals surface area contributed by atoms with Crippen molar-refractivity contribution in [3.63, 3.8) is 0 Å². The second kappa shape index (κ2) is 4.31. The maximum Gasteiger partial charge on any atom is 0.226 e. The van der Waals surface area contributed by atoms with E-state index in [1.54, 1.807) is 13.2 Å². The Morgan fingerprint density at radius 2 is 2.31 bits per heavy atom. The molecule has 0 atom stereocenters. The van der Waals surface area contributed by atoms with E-state index in [0.717, 1.165) is 11.2 Å². The quantitative estimate of drug-likeness (QED) is 0.665. The molecule has 86 valence electrons. The summed E-state index contributed by atoms with van der Waals surface area (Å²) in [5.41, 5.74) is 0.680. The van der Waals surface area contributed by atoms with Crippen LogP contribution >= 0.6 is 0 Å². The fraction of sp³-hybridized carbons (Fsp3) is 0.444. The van der Waals surface area contributed by atoms with E-state index >= 15 is 0 Å². The highest BCUT2D eigenvalue weighted by Crippen LogP contribution is 2.22. The lowest BCUT2D eigenvalue weighted by Gasteiger charge is -2.17. The number of fused-ring (bicyclic) bond motifs is 1. The first-order valence-electron chi connectivity index (χ1n) is 4.97. The minimum Gasteiger partial charge on any atom is -0.395 e. The van der Waals surface area contributed by atoms with Crippen LogP contribution in [0.25, 0.3) is 11.0 Å². The van der Waals surface area contributed by atoms with Gasteiger partial charge in [0.25, 0.3) is 0 Å². The second-order valence-corrected chi connectivity index (χ2v) is 3.40. The molecular weight excluding hydrogens is 208 g/mol. The van der Waals surface area contributed by atoms with Gasteiger partial charge in [0.2, 0.25) is 5.95 Å². The van der Waals surface area contributed by atoms with Gasteiger partial charge in [-0.15, -0.1) is 0 Å². The molecule has 2 rings (SSSR count). The van der Waals surface area contributed by atoms with Gasteiger partial charge >= 0.3 is 0 Å². The van der Waals surface area contributed by atoms with Crippen LogP contribution in [-0.4, -0.2) is 52.5 Å². The van der Waals surface area contributed by atoms with Crippen molar-refractivity contribution < 1.29 is 5.11 Å². The molecule has 2 heterocycles. The molecule has 16 heavy (non-hydrogen) atoms. The molecule has 0 spiro atoms. The summed E-state index contributed by atoms with van der Waals surface area (Å²) < 4.78 is 0. The molecule has 0 amide bonds. The average Bonchev–Trinajstić information content (AvgIpc) is 2.75. The van der Waals surface area contributed by atoms with E-state index in [9.17, 15) is 0 Å². The third kappa shape index (κ3) is 1.76. The number of aliphatic hydroxyl groups excluding tert-OH is 1. The first-order valence-corrected chi connectivity index (χ1v) is 4.97. The Bertz CT molecular complexity index is 482. The predicted molar refractivity (Wildman–Crippen MR) is 61.6 cm³/mol. The second-order valence-electron chi connectivity index (χ2n) is 3.40. The Balaban J connectivity index is 2.51. The van der Waals surface area contributed by atoms with Crippen LogP contribution in [0.1, 0.15) is 0 Å². The first kappa shape index (κ1) is 10.6. The number of nitrogens with zero attached hydrogens (tertiary/aromatic N) is 4. The van der Waals surface area contributed by atoms with Crippen LogP contribution in [-0.2, 0) is 0 Å². The topological polar surface area (TPSA) is 90.0 Å². The summed E-state index contributed by atoms with van der Waals surface area (Å²) in [5.74, 6) is 1.27. The largest absolute Gasteiger partial charge is 0.395 e. The van der Waals surface area contributed by atoms with Gasteiger partial charge in [-0.3, -0.25) is 5.10 Å². The fourth-order valence-corrected chi connectivity index (χ4v) is 1.48. The van der Waals surface area contributed by atoms with Gasteiger partial charge < -0.3 is 15.3 Å². The number of aliphatic hydroxyl groups is 1. The molecule has 0 aliphatic carbocycles. The van der Waals surface area contributed by atoms with Crippen molar-refractivity contribution in [1.29, 1.82) is 0 Å². The predicted octanol–water partition coefficient (Wildman–Crippen LogP) is -0.177. The van der Waals surface area contributed by atoms with Gasteiger partial charge in [-0.25, -0.2) is 0 Å². The molecule has 2 aromatic heterocycles. The van der Waals surface area contributed by atoms with Crippen LogP contribution in [0.5, 0.6) is 0 Å². The van der Waals surface area contributed by atoms with E-state index in [4.69, 9.17) is 5.11 Å². The van der Waals surface area contributed by atoms with Crippen LogP contribution in [0.2, 0.25) is 0 Å². The molecule has 0 aliphatic heterocycles. The zero-order chi connectivity index (χ0) is 11.5. The Morgan fingerprint density at radius 1 is 1.50 bits per heavy atom. The average molecular weight is 222 g/mol. The molecule has 0 fully saturated rings. The first-order chi connectivity index (χ1) is 7.76. The number of aromatic nitrogens is 4. The number of rotatable bonds is 4. The third-order valence-electron chi connectivity index (χ3n) is 2.31. The van der Waals surface area contributed by atoms with E-state index in [1.165, 1.54) is 0 Å². The number of hydrogen-bond acceptors (Lipinski definition) is 6. The van der Waals surface area contributed by atoms with Crippen molar-refractivity contribution in [2.75, 3.05) is 37.5 Å². The normalized spacial score (nSPS) is 10.7. The van der Waals surface area contributed by atoms with Gasteiger partial charge in [0.05, 0.1) is 18.2 Å². The highest BCUT2D eigenvalue weighted by molar-refractivity contribution is 5.87. The van der Waals surface area contributed by atoms with Crippen molar-refractivity contribution in [3.05, 3.63) is 6.20 Å². The molecule has 2 aromatic rings. The monoisotopic (exact) mass is 222 g/mol. The van der Waals surface area contributed by atoms with E-state index in [0.29, 0.717) is 18.1 Å². The molecule has 7 nitrogen and oxygen atoms in total. The standard InChI is InChI=1S/C9H14N6O/c1-10-9-12-7-6(5-11-14-7)8(13-9)15(2)3-4-16/h5,16H,3-4H2,1-2H3,(H2,10,11,12,13,14). The molecule has 0 saturated heterocycles. The Kier molecular flexibility index (Phi) is 2.86. The summed E-state index contributed by atoms with van der Waals surface area (Å²) in [7, 11) is 3.62. The zero-order valence-electron chi connectivity index (χ0n) is 9.23. The summed E-state index contributed by atoms with van der Waals surface area (Å²) in [6.45, 7) is 0.592. The van der Waals surface area contributed by atoms with Crippen molar-refractivity contribution in [3.8, 4) is 0 Å². The van der Waals surface area contributed by atoms with Crippen molar-refractivity contribution >= 4 is 22.8 Å². The minimum absolute atomic E-state index is 0.0781. The third-order valence-corrected chi connectivity index (χ3v) is 2.31. The van der Waals surface area contributed by atoms with E-state index in [-0.39, 0.29) is 6.61 Å². The lowest BCUT2D eigenvalue weighted by atomic mass is 10.3. The summed E-state index contributed by atoms with van der Waals surface area (Å²) in [6.07, 6.45) is 1.68. The number of nitrogens with one attached hydrogen (secondary N) is 2. The molecule has 0 radical (unpaired) electrons. The molecular formula is C9H14N6O. The van der Waals surface area contributed by atoms with Gasteiger partial charge in [-0.1, -0.05) is 0 Å². The van der Waals surface area contributed by atoms with Gasteiger partial charge in [0.1, 0.15) is 5.82 Å². The highest BCUT2D eigenvalue weighted by atomic mass is 16.3. The highest BCUT2D eigenvalue weighted by Gasteiger charge is 2.12. The van der Waals surface area contributed by atoms with Gasteiger partial charge in [-0.05, 0) is 0 Å². The Morgan fingerprint density at radius 3 is 3.00 bits per heavy atom. The molecule has 7 heteroatoms. The Labute approximate surface area is 92.5 Å². The summed E-state index contributed by atoms with van der Waals surface area (Å²) in [4.78, 5) is 10.4. The SMILES string of the molecule is CNc1nc(N(C)CCO)c2cn[nH]c2n1. The summed E-state index contributed by atoms with van der Waals surface area (Å²) in [6, 6.07) is 0. The molecule has 0 unspecified atom stereocenters. The number of aromatic amines is 1. The lowest BCUT2D eigenvalue weighted by molar-refractivity contribution is 0.304. The maximum absolute atomic E-state index is 8.92. The maximum atomic E-state index is 8.92. The van der Waals surface area contributed by atoms with Gasteiger partial charge in [0, 0.05) is 20.6 Å². The van der Waals surface area contributed by atoms with Crippen LogP contribution in [0.15, 0.2) is 6.20 Å². The summed E-state index contributed by atoms with van der Waals surface area (Å²) in [5, 5.41) is 19.4. The van der Waals surface area contributed by atoms with Gasteiger partial charge in [-0.2, -0.15) is 15.1 Å². The number of anilines is 2. The Hall–Kier alpha value is -1.89. The fourth-order valence-electron chi connectivity index (χ4n) is 1.48. The minimum atomic E-state index is 0.0781. The van der Waals surface area contributed by atoms with Gasteiger partial charge in [0.15, 0.2) is 5.65 Å². The lowest BCUT2D eigenvalue weighted by Crippen LogP contribution is -2.22. The van der Waals surface area contributed by atoms with Crippen molar-refractivity contribution in [1.82, 2.24) is 20.2 Å². The molecule has 0 aliphatic rings. The van der Waals surface area contributed by atoms with Crippen LogP contribution < -0.4 is 10.2 Å². The summed E-state index contributed by atoms with van der Waals surface area (Å²) >= 11 is 0. The van der Waals surface area contributed by atoms with Crippen LogP contribution in [0, 0.1) is 0 Å². The number of H-pyrrole nitrogens is 1. The number of likely N-dealkylation sites (N-methyl/N-ethyl adjacent to an activating group) is 1. The molecule has 3 N–H and O–H groups in total. The molecule has 0 aromatic carbocycles. The van der Waals surface area contributed by atoms with Crippen molar-refractivity contribution in [2.45, 2.75) is 0 Å². The van der Waals surface area contributed by atoms with Crippen LogP contribution in [0.4, 0.5) is 11.8 Å². The van der Waals surface area contributed by atoms with Crippen LogP contribution in [0.3, 0.4) is 0 Å². The van der Waals surface area contributed by atoms with E-state index in [2.05, 4.69) is 25.5 Å². The molecule has 0 bridgehead atoms. The van der Waals surface area contributed by atoms with E-state index in [1.807, 2.05) is 11.9 Å². The van der Waals surface area contributed by atoms with Crippen molar-refractivity contribution in [2.24, 2.45) is 0 Å². The van der Waals surface area contributed by atoms with E-state index < -0.39 is 0 Å². The zero-order valence-corrected chi connectivity index (χ0v) is 9.23. The number of hydrogen-bond donors (Lipinski definition) is 3. The smallest absolute Gasteiger partial charge is 0.226 e.